The van der Waals surface area contributed by atoms with Crippen LogP contribution in [0, 0.1) is 11.8 Å². The molecule has 16 nitrogen and oxygen atoms in total. The second kappa shape index (κ2) is 9.19. The van der Waals surface area contributed by atoms with E-state index in [-0.39, 0.29) is 0 Å². The number of phosphoric ester groups is 1. The lowest BCUT2D eigenvalue weighted by Gasteiger charge is -2.36. The van der Waals surface area contributed by atoms with Crippen LogP contribution < -0.4 is 11.2 Å². The molecule has 0 radical (unpaired) electrons. The van der Waals surface area contributed by atoms with Crippen LogP contribution in [-0.2, 0) is 31.6 Å². The summed E-state index contributed by atoms with van der Waals surface area (Å²) >= 11 is 0. The van der Waals surface area contributed by atoms with Gasteiger partial charge in [-0.3, -0.25) is 18.9 Å². The predicted octanol–water partition coefficient (Wildman–Crippen LogP) is 0.0977. The lowest BCUT2D eigenvalue weighted by atomic mass is 9.77. The average molecular weight is 542 g/mol. The van der Waals surface area contributed by atoms with E-state index in [1.54, 1.807) is 0 Å². The van der Waals surface area contributed by atoms with E-state index in [0.29, 0.717) is 4.57 Å². The Hall–Kier alpha value is -1.06. The molecule has 6 N–H and O–H groups in total. The molecule has 33 heavy (non-hydrogen) atoms. The van der Waals surface area contributed by atoms with Gasteiger partial charge in [0.15, 0.2) is 6.23 Å². The maximum absolute atomic E-state index is 15.7. The fraction of sp³-hybridized carbons (Fsp3) is 0.692. The van der Waals surface area contributed by atoms with Gasteiger partial charge in [-0.05, 0) is 5.92 Å². The van der Waals surface area contributed by atoms with Crippen LogP contribution in [0.25, 0.3) is 0 Å². The van der Waals surface area contributed by atoms with Crippen molar-refractivity contribution in [2.45, 2.75) is 38.5 Å². The topological polar surface area (TPSA) is 244 Å². The highest BCUT2D eigenvalue weighted by Crippen LogP contribution is 2.66. The van der Waals surface area contributed by atoms with Crippen molar-refractivity contribution < 1.29 is 60.6 Å². The summed E-state index contributed by atoms with van der Waals surface area (Å²) in [5, 5.41) is 11.2. The van der Waals surface area contributed by atoms with Gasteiger partial charge in [0, 0.05) is 12.3 Å². The molecule has 2 unspecified atom stereocenters. The molecule has 0 spiro atoms. The highest BCUT2D eigenvalue weighted by molar-refractivity contribution is 7.66. The van der Waals surface area contributed by atoms with Gasteiger partial charge in [-0.2, -0.15) is 8.62 Å². The molecule has 190 valence electrons. The second-order valence-corrected chi connectivity index (χ2v) is 11.8. The molecule has 0 bridgehead atoms. The summed E-state index contributed by atoms with van der Waals surface area (Å²) in [6.07, 6.45) is -0.827. The van der Waals surface area contributed by atoms with Gasteiger partial charge in [-0.1, -0.05) is 20.8 Å². The molecule has 0 aromatic carbocycles. The number of ether oxygens (including phenoxy) is 1. The SMILES string of the molecule is CC(C)[C@]1(O)[C@H](n2ccc(=O)[nH]c2=O)O[C@](F)(COP(=O)(O)OP(=O)(O)OP(=O)(O)O)[C@H]1C. The van der Waals surface area contributed by atoms with Gasteiger partial charge in [-0.25, -0.2) is 22.9 Å². The van der Waals surface area contributed by atoms with Gasteiger partial charge in [0.25, 0.3) is 5.56 Å². The van der Waals surface area contributed by atoms with E-state index in [2.05, 4.69) is 13.1 Å². The predicted molar refractivity (Wildman–Crippen MR) is 104 cm³/mol. The number of nitrogens with zero attached hydrogens (tertiary/aromatic N) is 1. The van der Waals surface area contributed by atoms with Crippen molar-refractivity contribution in [3.8, 4) is 0 Å². The molecule has 0 saturated carbocycles. The van der Waals surface area contributed by atoms with Crippen molar-refractivity contribution in [3.63, 3.8) is 0 Å². The molecule has 6 atom stereocenters. The van der Waals surface area contributed by atoms with E-state index in [4.69, 9.17) is 19.4 Å². The van der Waals surface area contributed by atoms with Crippen LogP contribution >= 0.6 is 23.5 Å². The number of aromatic nitrogens is 2. The molecule has 1 saturated heterocycles. The van der Waals surface area contributed by atoms with Gasteiger partial charge in [0.05, 0.1) is 5.92 Å². The number of halogens is 1. The van der Waals surface area contributed by atoms with E-state index in [1.807, 2.05) is 4.98 Å². The van der Waals surface area contributed by atoms with Crippen molar-refractivity contribution in [1.82, 2.24) is 9.55 Å². The van der Waals surface area contributed by atoms with Crippen molar-refractivity contribution >= 4 is 23.5 Å². The van der Waals surface area contributed by atoms with Crippen LogP contribution in [0.3, 0.4) is 0 Å². The Labute approximate surface area is 184 Å². The molecule has 0 amide bonds. The van der Waals surface area contributed by atoms with Crippen LogP contribution in [0.4, 0.5) is 4.39 Å². The van der Waals surface area contributed by atoms with Crippen molar-refractivity contribution in [1.29, 1.82) is 0 Å². The molecule has 2 rings (SSSR count). The summed E-state index contributed by atoms with van der Waals surface area (Å²) in [5.41, 5.74) is -3.98. The number of aromatic amines is 1. The minimum atomic E-state index is -5.84. The monoisotopic (exact) mass is 542 g/mol. The summed E-state index contributed by atoms with van der Waals surface area (Å²) in [6, 6.07) is 0.903. The van der Waals surface area contributed by atoms with Gasteiger partial charge < -0.3 is 29.4 Å². The summed E-state index contributed by atoms with van der Waals surface area (Å²) in [7, 11) is -17.2. The number of phosphoric acid groups is 3. The number of alkyl halides is 1. The summed E-state index contributed by atoms with van der Waals surface area (Å²) < 4.78 is 66.9. The first-order valence-electron chi connectivity index (χ1n) is 8.91. The molecule has 1 aliphatic rings. The molecular formula is C13H22FN2O14P3. The summed E-state index contributed by atoms with van der Waals surface area (Å²) in [5.74, 6) is -5.47. The highest BCUT2D eigenvalue weighted by atomic mass is 31.3. The maximum atomic E-state index is 15.7. The van der Waals surface area contributed by atoms with Gasteiger partial charge in [0.1, 0.15) is 12.2 Å². The molecule has 1 aromatic rings. The number of hydrogen-bond acceptors (Lipinski definition) is 10. The smallest absolute Gasteiger partial charge is 0.384 e. The summed E-state index contributed by atoms with van der Waals surface area (Å²) in [6.45, 7) is 2.52. The molecule has 2 heterocycles. The van der Waals surface area contributed by atoms with Crippen molar-refractivity contribution in [3.05, 3.63) is 33.1 Å². The zero-order chi connectivity index (χ0) is 25.6. The summed E-state index contributed by atoms with van der Waals surface area (Å²) in [4.78, 5) is 61.2. The number of hydrogen-bond donors (Lipinski definition) is 6. The minimum absolute atomic E-state index is 0.685. The zero-order valence-corrected chi connectivity index (χ0v) is 19.9. The molecule has 1 aromatic heterocycles. The van der Waals surface area contributed by atoms with Gasteiger partial charge in [-0.15, -0.1) is 0 Å². The minimum Gasteiger partial charge on any atom is -0.384 e. The Morgan fingerprint density at radius 3 is 2.24 bits per heavy atom. The lowest BCUT2D eigenvalue weighted by molar-refractivity contribution is -0.193. The average Bonchev–Trinajstić information content (AvgIpc) is 2.80. The third-order valence-corrected chi connectivity index (χ3v) is 8.70. The first-order chi connectivity index (χ1) is 14.7. The van der Waals surface area contributed by atoms with E-state index in [0.717, 1.165) is 19.2 Å². The second-order valence-electron chi connectivity index (χ2n) is 7.40. The van der Waals surface area contributed by atoms with Crippen LogP contribution in [0.15, 0.2) is 21.9 Å². The number of nitrogens with one attached hydrogen (secondary N) is 1. The quantitative estimate of drug-likeness (QED) is 0.227. The van der Waals surface area contributed by atoms with E-state index < -0.39 is 70.8 Å². The number of aliphatic hydroxyl groups is 1. The highest BCUT2D eigenvalue weighted by Gasteiger charge is 2.65. The fourth-order valence-corrected chi connectivity index (χ4v) is 6.28. The van der Waals surface area contributed by atoms with Crippen LogP contribution in [0.2, 0.25) is 0 Å². The lowest BCUT2D eigenvalue weighted by Crippen LogP contribution is -2.50. The first kappa shape index (κ1) is 28.2. The van der Waals surface area contributed by atoms with E-state index in [9.17, 15) is 33.3 Å². The fourth-order valence-electron chi connectivity index (χ4n) is 3.25. The first-order valence-corrected chi connectivity index (χ1v) is 13.4. The van der Waals surface area contributed by atoms with Gasteiger partial charge >= 0.3 is 29.2 Å². The van der Waals surface area contributed by atoms with Crippen molar-refractivity contribution in [2.24, 2.45) is 11.8 Å². The van der Waals surface area contributed by atoms with Crippen LogP contribution in [0.5, 0.6) is 0 Å². The Bertz CT molecular complexity index is 1150. The standard InChI is InChI=1S/C13H22FN2O14P3/c1-7(2)13(19)8(3)12(14,28-10(13)16-5-4-9(17)15-11(16)18)6-27-32(23,24)30-33(25,26)29-31(20,21)22/h4-5,7-8,10,19H,6H2,1-3H3,(H,23,24)(H,25,26)(H,15,17,18)(H2,20,21,22)/t8-,10-,12-,13-/m1/s1. The molecule has 20 heteroatoms. The third kappa shape index (κ3) is 6.34. The normalized spacial score (nSPS) is 31.9. The van der Waals surface area contributed by atoms with Gasteiger partial charge in [0.2, 0.25) is 5.85 Å². The van der Waals surface area contributed by atoms with E-state index >= 15 is 4.39 Å². The van der Waals surface area contributed by atoms with Crippen LogP contribution in [-0.4, -0.2) is 52.3 Å². The Morgan fingerprint density at radius 1 is 1.18 bits per heavy atom. The van der Waals surface area contributed by atoms with E-state index in [1.165, 1.54) is 13.8 Å². The van der Waals surface area contributed by atoms with Crippen molar-refractivity contribution in [2.75, 3.05) is 6.61 Å². The Kier molecular flexibility index (Phi) is 7.85. The van der Waals surface area contributed by atoms with Crippen LogP contribution in [0.1, 0.15) is 27.0 Å². The Balaban J connectivity index is 2.32. The zero-order valence-electron chi connectivity index (χ0n) is 17.2. The molecular weight excluding hydrogens is 520 g/mol. The molecule has 1 aliphatic heterocycles. The Morgan fingerprint density at radius 2 is 1.76 bits per heavy atom. The third-order valence-electron chi connectivity index (χ3n) is 4.91. The molecule has 1 fully saturated rings. The largest absolute Gasteiger partial charge is 0.490 e. The maximum Gasteiger partial charge on any atom is 0.490 e. The number of H-pyrrole nitrogens is 1. The molecule has 0 aliphatic carbocycles. The number of rotatable bonds is 9.